The molecule has 1 aliphatic heterocycles. The molecule has 0 amide bonds. The molecule has 1 unspecified atom stereocenters. The maximum absolute atomic E-state index is 5.96. The molecule has 1 fully saturated rings. The van der Waals surface area contributed by atoms with Gasteiger partial charge in [-0.05, 0) is 30.5 Å². The lowest BCUT2D eigenvalue weighted by Crippen LogP contribution is -2.36. The summed E-state index contributed by atoms with van der Waals surface area (Å²) in [6.45, 7) is 5.79. The van der Waals surface area contributed by atoms with E-state index in [4.69, 9.17) is 10.5 Å². The van der Waals surface area contributed by atoms with E-state index in [1.165, 1.54) is 11.3 Å². The van der Waals surface area contributed by atoms with Gasteiger partial charge in [-0.15, -0.1) is 0 Å². The molecule has 1 aliphatic rings. The quantitative estimate of drug-likeness (QED) is 0.863. The minimum Gasteiger partial charge on any atom is -0.378 e. The summed E-state index contributed by atoms with van der Waals surface area (Å²) in [7, 11) is 0. The Morgan fingerprint density at radius 2 is 1.88 bits per heavy atom. The third-order valence-electron chi connectivity index (χ3n) is 3.33. The molecule has 1 saturated heterocycles. The Hall–Kier alpha value is -1.06. The van der Waals surface area contributed by atoms with Crippen molar-refractivity contribution in [3.63, 3.8) is 0 Å². The molecule has 0 radical (unpaired) electrons. The van der Waals surface area contributed by atoms with Crippen molar-refractivity contribution >= 4 is 5.69 Å². The number of nitrogens with zero attached hydrogens (tertiary/aromatic N) is 1. The van der Waals surface area contributed by atoms with Crippen molar-refractivity contribution < 1.29 is 4.74 Å². The van der Waals surface area contributed by atoms with E-state index in [1.807, 2.05) is 0 Å². The minimum atomic E-state index is 0.282. The second kappa shape index (κ2) is 6.03. The lowest BCUT2D eigenvalue weighted by molar-refractivity contribution is 0.122. The van der Waals surface area contributed by atoms with Crippen LogP contribution >= 0.6 is 0 Å². The van der Waals surface area contributed by atoms with E-state index in [9.17, 15) is 0 Å². The number of hydrogen-bond donors (Lipinski definition) is 1. The molecular weight excluding hydrogens is 212 g/mol. The minimum absolute atomic E-state index is 0.282. The average molecular weight is 234 g/mol. The molecule has 0 aromatic heterocycles. The van der Waals surface area contributed by atoms with Crippen molar-refractivity contribution in [2.24, 2.45) is 5.73 Å². The first-order valence-electron chi connectivity index (χ1n) is 6.47. The Bertz CT molecular complexity index is 331. The van der Waals surface area contributed by atoms with Gasteiger partial charge in [0.25, 0.3) is 0 Å². The molecule has 2 rings (SSSR count). The Balaban J connectivity index is 1.97. The molecule has 1 aromatic rings. The van der Waals surface area contributed by atoms with Gasteiger partial charge in [0.15, 0.2) is 0 Å². The van der Waals surface area contributed by atoms with Gasteiger partial charge in [-0.1, -0.05) is 19.1 Å². The summed E-state index contributed by atoms with van der Waals surface area (Å²) >= 11 is 0. The first kappa shape index (κ1) is 12.4. The van der Waals surface area contributed by atoms with Crippen LogP contribution in [-0.4, -0.2) is 32.3 Å². The summed E-state index contributed by atoms with van der Waals surface area (Å²) < 4.78 is 5.35. The Morgan fingerprint density at radius 3 is 2.47 bits per heavy atom. The van der Waals surface area contributed by atoms with Crippen LogP contribution in [0.2, 0.25) is 0 Å². The first-order valence-corrected chi connectivity index (χ1v) is 6.47. The van der Waals surface area contributed by atoms with E-state index < -0.39 is 0 Å². The molecule has 3 nitrogen and oxygen atoms in total. The fourth-order valence-electron chi connectivity index (χ4n) is 2.11. The van der Waals surface area contributed by atoms with Crippen molar-refractivity contribution in [2.75, 3.05) is 31.2 Å². The molecule has 1 heterocycles. The summed E-state index contributed by atoms with van der Waals surface area (Å²) in [4.78, 5) is 2.37. The van der Waals surface area contributed by atoms with Gasteiger partial charge < -0.3 is 15.4 Å². The van der Waals surface area contributed by atoms with E-state index in [1.54, 1.807) is 0 Å². The number of rotatable bonds is 4. The number of nitrogens with two attached hydrogens (primary N) is 1. The number of ether oxygens (including phenoxy) is 1. The number of benzene rings is 1. The van der Waals surface area contributed by atoms with Gasteiger partial charge in [0.1, 0.15) is 0 Å². The highest BCUT2D eigenvalue weighted by atomic mass is 16.5. The van der Waals surface area contributed by atoms with Crippen LogP contribution in [0, 0.1) is 0 Å². The molecule has 2 N–H and O–H groups in total. The standard InChI is InChI=1S/C14H22N2O/c1-2-13(15)11-12-3-5-14(6-4-12)16-7-9-17-10-8-16/h3-6,13H,2,7-11,15H2,1H3. The van der Waals surface area contributed by atoms with Crippen LogP contribution in [0.25, 0.3) is 0 Å². The molecule has 3 heteroatoms. The van der Waals surface area contributed by atoms with Crippen LogP contribution in [-0.2, 0) is 11.2 Å². The van der Waals surface area contributed by atoms with Crippen molar-refractivity contribution in [1.82, 2.24) is 0 Å². The summed E-state index contributed by atoms with van der Waals surface area (Å²) in [5, 5.41) is 0. The van der Waals surface area contributed by atoms with Crippen LogP contribution in [0.3, 0.4) is 0 Å². The first-order chi connectivity index (χ1) is 8.29. The zero-order valence-electron chi connectivity index (χ0n) is 10.6. The van der Waals surface area contributed by atoms with Crippen LogP contribution in [0.4, 0.5) is 5.69 Å². The summed E-state index contributed by atoms with van der Waals surface area (Å²) in [6.07, 6.45) is 2.01. The summed E-state index contributed by atoms with van der Waals surface area (Å²) in [6, 6.07) is 9.07. The zero-order chi connectivity index (χ0) is 12.1. The van der Waals surface area contributed by atoms with Gasteiger partial charge >= 0.3 is 0 Å². The van der Waals surface area contributed by atoms with Crippen molar-refractivity contribution in [1.29, 1.82) is 0 Å². The largest absolute Gasteiger partial charge is 0.378 e. The average Bonchev–Trinajstić information content (AvgIpc) is 2.40. The number of morpholine rings is 1. The zero-order valence-corrected chi connectivity index (χ0v) is 10.6. The maximum atomic E-state index is 5.96. The van der Waals surface area contributed by atoms with Gasteiger partial charge in [0.2, 0.25) is 0 Å². The van der Waals surface area contributed by atoms with E-state index in [0.29, 0.717) is 0 Å². The third kappa shape index (κ3) is 3.45. The molecule has 17 heavy (non-hydrogen) atoms. The topological polar surface area (TPSA) is 38.5 Å². The SMILES string of the molecule is CCC(N)Cc1ccc(N2CCOCC2)cc1. The van der Waals surface area contributed by atoms with Gasteiger partial charge in [-0.2, -0.15) is 0 Å². The smallest absolute Gasteiger partial charge is 0.0642 e. The van der Waals surface area contributed by atoms with Gasteiger partial charge in [0.05, 0.1) is 13.2 Å². The molecule has 1 aromatic carbocycles. The van der Waals surface area contributed by atoms with Crippen LogP contribution < -0.4 is 10.6 Å². The summed E-state index contributed by atoms with van der Waals surface area (Å²) in [5.41, 5.74) is 8.58. The molecular formula is C14H22N2O. The Kier molecular flexibility index (Phi) is 4.40. The maximum Gasteiger partial charge on any atom is 0.0642 e. The third-order valence-corrected chi connectivity index (χ3v) is 3.33. The lowest BCUT2D eigenvalue weighted by Gasteiger charge is -2.29. The van der Waals surface area contributed by atoms with Crippen LogP contribution in [0.5, 0.6) is 0 Å². The van der Waals surface area contributed by atoms with Crippen molar-refractivity contribution in [2.45, 2.75) is 25.8 Å². The number of anilines is 1. The molecule has 0 aliphatic carbocycles. The molecule has 94 valence electrons. The predicted molar refractivity (Wildman–Crippen MR) is 71.4 cm³/mol. The van der Waals surface area contributed by atoms with E-state index >= 15 is 0 Å². The van der Waals surface area contributed by atoms with E-state index in [2.05, 4.69) is 36.1 Å². The fraction of sp³-hybridized carbons (Fsp3) is 0.571. The Morgan fingerprint density at radius 1 is 1.24 bits per heavy atom. The predicted octanol–water partition coefficient (Wildman–Crippen LogP) is 1.80. The number of hydrogen-bond acceptors (Lipinski definition) is 3. The molecule has 1 atom stereocenters. The van der Waals surface area contributed by atoms with Crippen molar-refractivity contribution in [3.8, 4) is 0 Å². The lowest BCUT2D eigenvalue weighted by atomic mass is 10.0. The van der Waals surface area contributed by atoms with E-state index in [0.717, 1.165) is 39.1 Å². The van der Waals surface area contributed by atoms with Crippen molar-refractivity contribution in [3.05, 3.63) is 29.8 Å². The monoisotopic (exact) mass is 234 g/mol. The van der Waals surface area contributed by atoms with Gasteiger partial charge in [0, 0.05) is 24.8 Å². The normalized spacial score (nSPS) is 18.1. The fourth-order valence-corrected chi connectivity index (χ4v) is 2.11. The molecule has 0 saturated carbocycles. The second-order valence-corrected chi connectivity index (χ2v) is 4.64. The van der Waals surface area contributed by atoms with Crippen LogP contribution in [0.15, 0.2) is 24.3 Å². The van der Waals surface area contributed by atoms with E-state index in [-0.39, 0.29) is 6.04 Å². The highest BCUT2D eigenvalue weighted by Crippen LogP contribution is 2.17. The molecule has 0 spiro atoms. The highest BCUT2D eigenvalue weighted by Gasteiger charge is 2.10. The highest BCUT2D eigenvalue weighted by molar-refractivity contribution is 5.48. The van der Waals surface area contributed by atoms with Gasteiger partial charge in [-0.25, -0.2) is 0 Å². The summed E-state index contributed by atoms with van der Waals surface area (Å²) in [5.74, 6) is 0. The second-order valence-electron chi connectivity index (χ2n) is 4.64. The van der Waals surface area contributed by atoms with Crippen LogP contribution in [0.1, 0.15) is 18.9 Å². The Labute approximate surface area is 104 Å². The molecule has 0 bridgehead atoms. The van der Waals surface area contributed by atoms with Gasteiger partial charge in [-0.3, -0.25) is 0 Å².